The van der Waals surface area contributed by atoms with Crippen LogP contribution >= 0.6 is 15.9 Å². The van der Waals surface area contributed by atoms with Crippen LogP contribution in [0.5, 0.6) is 0 Å². The molecule has 0 saturated heterocycles. The molecule has 17 heavy (non-hydrogen) atoms. The van der Waals surface area contributed by atoms with E-state index < -0.39 is 10.2 Å². The maximum absolute atomic E-state index is 11.6. The summed E-state index contributed by atoms with van der Waals surface area (Å²) in [5.41, 5.74) is 1.55. The molecule has 0 amide bonds. The number of nitrogens with one attached hydrogen (secondary N) is 2. The predicted octanol–water partition coefficient (Wildman–Crippen LogP) is 1.65. The maximum Gasteiger partial charge on any atom is 0.299 e. The Hall–Kier alpha value is -0.630. The highest BCUT2D eigenvalue weighted by Crippen LogP contribution is 2.20. The molecule has 0 spiro atoms. The van der Waals surface area contributed by atoms with Gasteiger partial charge < -0.3 is 4.74 Å². The molecule has 96 valence electrons. The zero-order valence-corrected chi connectivity index (χ0v) is 12.1. The Kier molecular flexibility index (Phi) is 5.38. The number of methoxy groups -OCH3 is 1. The number of hydrogen-bond donors (Lipinski definition) is 2. The number of rotatable bonds is 6. The van der Waals surface area contributed by atoms with Crippen LogP contribution in [0.3, 0.4) is 0 Å². The average Bonchev–Trinajstić information content (AvgIpc) is 2.23. The van der Waals surface area contributed by atoms with Gasteiger partial charge in [-0.05, 0) is 24.6 Å². The van der Waals surface area contributed by atoms with E-state index in [0.717, 1.165) is 10.0 Å². The molecular weight excluding hydrogens is 308 g/mol. The van der Waals surface area contributed by atoms with Crippen LogP contribution in [-0.2, 0) is 14.9 Å². The van der Waals surface area contributed by atoms with Gasteiger partial charge in [-0.3, -0.25) is 4.72 Å². The molecule has 0 aliphatic rings. The van der Waals surface area contributed by atoms with E-state index in [2.05, 4.69) is 25.4 Å². The summed E-state index contributed by atoms with van der Waals surface area (Å²) >= 11 is 3.34. The van der Waals surface area contributed by atoms with Crippen molar-refractivity contribution < 1.29 is 13.2 Å². The largest absolute Gasteiger partial charge is 0.383 e. The molecular formula is C10H15BrN2O3S. The lowest BCUT2D eigenvalue weighted by Crippen LogP contribution is -2.32. The fourth-order valence-corrected chi connectivity index (χ4v) is 2.37. The summed E-state index contributed by atoms with van der Waals surface area (Å²) in [6, 6.07) is 5.25. The lowest BCUT2D eigenvalue weighted by atomic mass is 10.2. The maximum atomic E-state index is 11.6. The zero-order valence-electron chi connectivity index (χ0n) is 9.66. The van der Waals surface area contributed by atoms with E-state index in [1.54, 1.807) is 12.1 Å². The third-order valence-corrected chi connectivity index (χ3v) is 3.97. The van der Waals surface area contributed by atoms with Gasteiger partial charge in [-0.15, -0.1) is 0 Å². The smallest absolute Gasteiger partial charge is 0.299 e. The van der Waals surface area contributed by atoms with Crippen molar-refractivity contribution in [3.05, 3.63) is 28.2 Å². The van der Waals surface area contributed by atoms with Crippen molar-refractivity contribution in [3.8, 4) is 0 Å². The number of aryl methyl sites for hydroxylation is 1. The van der Waals surface area contributed by atoms with Crippen molar-refractivity contribution in [3.63, 3.8) is 0 Å². The Bertz CT molecular complexity index is 476. The lowest BCUT2D eigenvalue weighted by Gasteiger charge is -2.10. The summed E-state index contributed by atoms with van der Waals surface area (Å²) in [5.74, 6) is 0. The Balaban J connectivity index is 2.66. The summed E-state index contributed by atoms with van der Waals surface area (Å²) in [5, 5.41) is 0. The molecule has 2 N–H and O–H groups in total. The van der Waals surface area contributed by atoms with Crippen LogP contribution in [0.2, 0.25) is 0 Å². The molecule has 0 bridgehead atoms. The minimum atomic E-state index is -3.54. The molecule has 7 heteroatoms. The first-order valence-electron chi connectivity index (χ1n) is 4.97. The van der Waals surface area contributed by atoms with Gasteiger partial charge in [-0.25, -0.2) is 0 Å². The molecule has 1 rings (SSSR count). The minimum absolute atomic E-state index is 0.235. The number of halogens is 1. The van der Waals surface area contributed by atoms with E-state index in [-0.39, 0.29) is 6.54 Å². The third kappa shape index (κ3) is 5.03. The number of anilines is 1. The zero-order chi connectivity index (χ0) is 12.9. The summed E-state index contributed by atoms with van der Waals surface area (Å²) < 4.78 is 33.6. The summed E-state index contributed by atoms with van der Waals surface area (Å²) in [6.45, 7) is 2.50. The molecule has 0 unspecified atom stereocenters. The molecule has 0 aliphatic heterocycles. The first-order valence-corrected chi connectivity index (χ1v) is 7.25. The van der Waals surface area contributed by atoms with Gasteiger partial charge >= 0.3 is 0 Å². The fourth-order valence-electron chi connectivity index (χ4n) is 1.13. The van der Waals surface area contributed by atoms with Crippen molar-refractivity contribution >= 4 is 31.8 Å². The standard InChI is InChI=1S/C10H15BrN2O3S/c1-8-3-4-9(7-10(8)11)13-17(14,15)12-5-6-16-2/h3-4,7,12-13H,5-6H2,1-2H3. The van der Waals surface area contributed by atoms with Gasteiger partial charge in [0.05, 0.1) is 12.3 Å². The monoisotopic (exact) mass is 322 g/mol. The Morgan fingerprint density at radius 1 is 1.41 bits per heavy atom. The minimum Gasteiger partial charge on any atom is -0.383 e. The van der Waals surface area contributed by atoms with E-state index in [4.69, 9.17) is 4.74 Å². The predicted molar refractivity (Wildman–Crippen MR) is 71.3 cm³/mol. The lowest BCUT2D eigenvalue weighted by molar-refractivity contribution is 0.204. The summed E-state index contributed by atoms with van der Waals surface area (Å²) in [6.07, 6.45) is 0. The number of hydrogen-bond acceptors (Lipinski definition) is 3. The molecule has 1 aromatic carbocycles. The average molecular weight is 323 g/mol. The second-order valence-corrected chi connectivity index (χ2v) is 5.81. The highest BCUT2D eigenvalue weighted by atomic mass is 79.9. The van der Waals surface area contributed by atoms with E-state index in [1.807, 2.05) is 13.0 Å². The van der Waals surface area contributed by atoms with Crippen molar-refractivity contribution in [1.29, 1.82) is 0 Å². The van der Waals surface area contributed by atoms with E-state index in [1.165, 1.54) is 7.11 Å². The third-order valence-electron chi connectivity index (χ3n) is 2.02. The van der Waals surface area contributed by atoms with Crippen LogP contribution in [0, 0.1) is 6.92 Å². The molecule has 0 heterocycles. The molecule has 0 aliphatic carbocycles. The van der Waals surface area contributed by atoms with Crippen molar-refractivity contribution in [2.24, 2.45) is 0 Å². The Labute approximate surface area is 110 Å². The van der Waals surface area contributed by atoms with Gasteiger partial charge in [0.15, 0.2) is 0 Å². The summed E-state index contributed by atoms with van der Waals surface area (Å²) in [7, 11) is -2.02. The van der Waals surface area contributed by atoms with Crippen molar-refractivity contribution in [2.45, 2.75) is 6.92 Å². The van der Waals surface area contributed by atoms with Crippen LogP contribution in [0.1, 0.15) is 5.56 Å². The second-order valence-electron chi connectivity index (χ2n) is 3.46. The molecule has 0 atom stereocenters. The molecule has 0 radical (unpaired) electrons. The van der Waals surface area contributed by atoms with Gasteiger partial charge in [0, 0.05) is 18.1 Å². The van der Waals surface area contributed by atoms with Gasteiger partial charge in [0.1, 0.15) is 0 Å². The quantitative estimate of drug-likeness (QED) is 0.782. The van der Waals surface area contributed by atoms with Crippen LogP contribution in [0.25, 0.3) is 0 Å². The normalized spacial score (nSPS) is 11.5. The van der Waals surface area contributed by atoms with Gasteiger partial charge in [0.25, 0.3) is 10.2 Å². The highest BCUT2D eigenvalue weighted by Gasteiger charge is 2.09. The van der Waals surface area contributed by atoms with Gasteiger partial charge in [-0.1, -0.05) is 22.0 Å². The van der Waals surface area contributed by atoms with Gasteiger partial charge in [0.2, 0.25) is 0 Å². The van der Waals surface area contributed by atoms with Crippen molar-refractivity contribution in [2.75, 3.05) is 25.0 Å². The summed E-state index contributed by atoms with van der Waals surface area (Å²) in [4.78, 5) is 0. The van der Waals surface area contributed by atoms with Gasteiger partial charge in [-0.2, -0.15) is 13.1 Å². The fraction of sp³-hybridized carbons (Fsp3) is 0.400. The van der Waals surface area contributed by atoms with E-state index in [9.17, 15) is 8.42 Å². The molecule has 0 aromatic heterocycles. The van der Waals surface area contributed by atoms with Crippen LogP contribution < -0.4 is 9.44 Å². The van der Waals surface area contributed by atoms with Crippen molar-refractivity contribution in [1.82, 2.24) is 4.72 Å². The van der Waals surface area contributed by atoms with E-state index in [0.29, 0.717) is 12.3 Å². The second kappa shape index (κ2) is 6.34. The number of benzene rings is 1. The number of ether oxygens (including phenoxy) is 1. The molecule has 0 fully saturated rings. The van der Waals surface area contributed by atoms with Crippen LogP contribution in [0.15, 0.2) is 22.7 Å². The molecule has 0 saturated carbocycles. The van der Waals surface area contributed by atoms with Crippen LogP contribution in [0.4, 0.5) is 5.69 Å². The topological polar surface area (TPSA) is 67.4 Å². The SMILES string of the molecule is COCCNS(=O)(=O)Nc1ccc(C)c(Br)c1. The molecule has 5 nitrogen and oxygen atoms in total. The molecule has 1 aromatic rings. The first-order chi connectivity index (χ1) is 7.94. The highest BCUT2D eigenvalue weighted by molar-refractivity contribution is 9.10. The first kappa shape index (κ1) is 14.4. The Morgan fingerprint density at radius 3 is 2.71 bits per heavy atom. The van der Waals surface area contributed by atoms with Crippen LogP contribution in [-0.4, -0.2) is 28.7 Å². The Morgan fingerprint density at radius 2 is 2.12 bits per heavy atom. The van der Waals surface area contributed by atoms with E-state index >= 15 is 0 Å².